The van der Waals surface area contributed by atoms with Gasteiger partial charge in [-0.25, -0.2) is 5.90 Å². The van der Waals surface area contributed by atoms with Crippen molar-refractivity contribution in [2.24, 2.45) is 5.90 Å². The molecule has 0 aliphatic rings. The molecule has 0 saturated carbocycles. The van der Waals surface area contributed by atoms with Crippen LogP contribution in [0.3, 0.4) is 0 Å². The molecule has 18 heavy (non-hydrogen) atoms. The number of nitrogens with two attached hydrogens (primary N) is 1. The predicted octanol–water partition coefficient (Wildman–Crippen LogP) is 1.59. The summed E-state index contributed by atoms with van der Waals surface area (Å²) < 4.78 is 10.5. The van der Waals surface area contributed by atoms with Gasteiger partial charge in [0.1, 0.15) is 5.75 Å². The number of ether oxygens (including phenoxy) is 2. The van der Waals surface area contributed by atoms with Gasteiger partial charge in [-0.3, -0.25) is 4.84 Å². The molecule has 1 atom stereocenters. The van der Waals surface area contributed by atoms with Crippen LogP contribution < -0.4 is 10.6 Å². The van der Waals surface area contributed by atoms with E-state index in [-0.39, 0.29) is 0 Å². The molecule has 1 aromatic rings. The molecule has 0 aliphatic carbocycles. The van der Waals surface area contributed by atoms with Gasteiger partial charge in [0, 0.05) is 13.0 Å². The molecule has 1 aromatic carbocycles. The minimum absolute atomic E-state index is 0.390. The molecule has 1 unspecified atom stereocenters. The molecular weight excluding hydrogens is 234 g/mol. The van der Waals surface area contributed by atoms with E-state index < -0.39 is 6.29 Å². The van der Waals surface area contributed by atoms with Crippen LogP contribution in [0.2, 0.25) is 0 Å². The van der Waals surface area contributed by atoms with Gasteiger partial charge in [-0.15, -0.1) is 0 Å². The standard InChI is InChI=1S/C13H21NO4/c1-2-16-13(15)4-3-9-17-12-7-5-11(6-8-12)10-18-14/h5-8,13,15H,2-4,9-10,14H2,1H3. The summed E-state index contributed by atoms with van der Waals surface area (Å²) in [6.45, 7) is 3.32. The number of aliphatic hydroxyl groups excluding tert-OH is 1. The van der Waals surface area contributed by atoms with Crippen molar-refractivity contribution in [3.05, 3.63) is 29.8 Å². The Balaban J connectivity index is 2.19. The van der Waals surface area contributed by atoms with E-state index in [1.807, 2.05) is 31.2 Å². The summed E-state index contributed by atoms with van der Waals surface area (Å²) in [7, 11) is 0. The summed E-state index contributed by atoms with van der Waals surface area (Å²) in [6.07, 6.45) is 0.629. The normalized spacial score (nSPS) is 12.4. The average molecular weight is 255 g/mol. The predicted molar refractivity (Wildman–Crippen MR) is 67.8 cm³/mol. The van der Waals surface area contributed by atoms with Crippen LogP contribution in [-0.4, -0.2) is 24.6 Å². The summed E-state index contributed by atoms with van der Waals surface area (Å²) in [5, 5.41) is 9.34. The van der Waals surface area contributed by atoms with Crippen molar-refractivity contribution in [2.45, 2.75) is 32.7 Å². The molecule has 5 heteroatoms. The quantitative estimate of drug-likeness (QED) is 0.398. The molecule has 5 nitrogen and oxygen atoms in total. The molecule has 102 valence electrons. The Hall–Kier alpha value is -1.14. The van der Waals surface area contributed by atoms with E-state index in [1.165, 1.54) is 0 Å². The highest BCUT2D eigenvalue weighted by Gasteiger charge is 2.02. The Labute approximate surface area is 107 Å². The highest BCUT2D eigenvalue weighted by molar-refractivity contribution is 5.26. The molecular formula is C13H21NO4. The van der Waals surface area contributed by atoms with Crippen molar-refractivity contribution in [3.8, 4) is 5.75 Å². The first-order valence-corrected chi connectivity index (χ1v) is 6.09. The topological polar surface area (TPSA) is 73.9 Å². The van der Waals surface area contributed by atoms with E-state index in [2.05, 4.69) is 4.84 Å². The number of aliphatic hydroxyl groups is 1. The Morgan fingerprint density at radius 1 is 1.28 bits per heavy atom. The molecule has 3 N–H and O–H groups in total. The minimum atomic E-state index is -0.692. The largest absolute Gasteiger partial charge is 0.494 e. The van der Waals surface area contributed by atoms with E-state index >= 15 is 0 Å². The van der Waals surface area contributed by atoms with E-state index in [0.29, 0.717) is 26.2 Å². The maximum Gasteiger partial charge on any atom is 0.154 e. The summed E-state index contributed by atoms with van der Waals surface area (Å²) >= 11 is 0. The van der Waals surface area contributed by atoms with E-state index in [0.717, 1.165) is 17.7 Å². The van der Waals surface area contributed by atoms with Crippen molar-refractivity contribution < 1.29 is 19.4 Å². The summed E-state index contributed by atoms with van der Waals surface area (Å²) in [4.78, 5) is 4.53. The van der Waals surface area contributed by atoms with Crippen molar-refractivity contribution in [1.82, 2.24) is 0 Å². The zero-order valence-corrected chi connectivity index (χ0v) is 10.7. The lowest BCUT2D eigenvalue weighted by molar-refractivity contribution is -0.100. The lowest BCUT2D eigenvalue weighted by Crippen LogP contribution is -2.13. The molecule has 1 rings (SSSR count). The zero-order chi connectivity index (χ0) is 13.2. The maximum atomic E-state index is 9.34. The van der Waals surface area contributed by atoms with E-state index in [4.69, 9.17) is 15.4 Å². The first-order chi connectivity index (χ1) is 8.76. The molecule has 0 fully saturated rings. The van der Waals surface area contributed by atoms with Gasteiger partial charge in [0.05, 0.1) is 13.2 Å². The fraction of sp³-hybridized carbons (Fsp3) is 0.538. The van der Waals surface area contributed by atoms with Crippen LogP contribution in [0, 0.1) is 0 Å². The fourth-order valence-corrected chi connectivity index (χ4v) is 1.50. The van der Waals surface area contributed by atoms with Crippen molar-refractivity contribution in [3.63, 3.8) is 0 Å². The van der Waals surface area contributed by atoms with Crippen LogP contribution in [0.1, 0.15) is 25.3 Å². The Morgan fingerprint density at radius 3 is 2.61 bits per heavy atom. The Morgan fingerprint density at radius 2 is 2.00 bits per heavy atom. The SMILES string of the molecule is CCOC(O)CCCOc1ccc(CON)cc1. The molecule has 0 amide bonds. The van der Waals surface area contributed by atoms with Gasteiger partial charge in [0.25, 0.3) is 0 Å². The minimum Gasteiger partial charge on any atom is -0.494 e. The Kier molecular flexibility index (Phi) is 7.36. The van der Waals surface area contributed by atoms with Gasteiger partial charge in [0.2, 0.25) is 0 Å². The molecule has 0 saturated heterocycles. The second-order valence-corrected chi connectivity index (χ2v) is 3.86. The molecule has 0 spiro atoms. The summed E-state index contributed by atoms with van der Waals surface area (Å²) in [5.74, 6) is 5.78. The zero-order valence-electron chi connectivity index (χ0n) is 10.7. The van der Waals surface area contributed by atoms with Gasteiger partial charge in [0.15, 0.2) is 6.29 Å². The number of rotatable bonds is 9. The van der Waals surface area contributed by atoms with Gasteiger partial charge < -0.3 is 14.6 Å². The van der Waals surface area contributed by atoms with Crippen LogP contribution in [0.4, 0.5) is 0 Å². The lowest BCUT2D eigenvalue weighted by Gasteiger charge is -2.11. The second kappa shape index (κ2) is 8.88. The van der Waals surface area contributed by atoms with Crippen LogP contribution in [0.5, 0.6) is 5.75 Å². The monoisotopic (exact) mass is 255 g/mol. The number of benzene rings is 1. The van der Waals surface area contributed by atoms with Gasteiger partial charge in [-0.2, -0.15) is 0 Å². The highest BCUT2D eigenvalue weighted by atomic mass is 16.6. The van der Waals surface area contributed by atoms with Crippen LogP contribution in [0.25, 0.3) is 0 Å². The van der Waals surface area contributed by atoms with E-state index in [1.54, 1.807) is 0 Å². The first-order valence-electron chi connectivity index (χ1n) is 6.09. The van der Waals surface area contributed by atoms with Crippen LogP contribution >= 0.6 is 0 Å². The first kappa shape index (κ1) is 14.9. The molecule has 0 heterocycles. The fourth-order valence-electron chi connectivity index (χ4n) is 1.50. The number of hydrogen-bond acceptors (Lipinski definition) is 5. The summed E-state index contributed by atoms with van der Waals surface area (Å²) in [5.41, 5.74) is 0.997. The van der Waals surface area contributed by atoms with Gasteiger partial charge in [-0.1, -0.05) is 12.1 Å². The molecule has 0 aromatic heterocycles. The van der Waals surface area contributed by atoms with Crippen LogP contribution in [-0.2, 0) is 16.2 Å². The Bertz CT molecular complexity index is 315. The summed E-state index contributed by atoms with van der Waals surface area (Å²) in [6, 6.07) is 7.54. The van der Waals surface area contributed by atoms with Crippen molar-refractivity contribution in [1.29, 1.82) is 0 Å². The molecule has 0 bridgehead atoms. The van der Waals surface area contributed by atoms with Crippen LogP contribution in [0.15, 0.2) is 24.3 Å². The highest BCUT2D eigenvalue weighted by Crippen LogP contribution is 2.13. The number of hydrogen-bond donors (Lipinski definition) is 2. The second-order valence-electron chi connectivity index (χ2n) is 3.86. The van der Waals surface area contributed by atoms with Gasteiger partial charge in [-0.05, 0) is 31.0 Å². The van der Waals surface area contributed by atoms with Crippen molar-refractivity contribution >= 4 is 0 Å². The van der Waals surface area contributed by atoms with E-state index in [9.17, 15) is 5.11 Å². The van der Waals surface area contributed by atoms with Crippen molar-refractivity contribution in [2.75, 3.05) is 13.2 Å². The lowest BCUT2D eigenvalue weighted by atomic mass is 10.2. The third kappa shape index (κ3) is 5.97. The molecule has 0 radical (unpaired) electrons. The van der Waals surface area contributed by atoms with Gasteiger partial charge >= 0.3 is 0 Å². The molecule has 0 aliphatic heterocycles. The third-order valence-electron chi connectivity index (χ3n) is 2.40. The maximum absolute atomic E-state index is 9.34. The third-order valence-corrected chi connectivity index (χ3v) is 2.40. The average Bonchev–Trinajstić information content (AvgIpc) is 2.37. The smallest absolute Gasteiger partial charge is 0.154 e.